The zero-order chi connectivity index (χ0) is 8.04. The third-order valence-corrected chi connectivity index (χ3v) is 2.22. The highest BCUT2D eigenvalue weighted by Crippen LogP contribution is 2.35. The molecule has 0 saturated carbocycles. The van der Waals surface area contributed by atoms with E-state index in [2.05, 4.69) is 11.9 Å². The summed E-state index contributed by atoms with van der Waals surface area (Å²) in [6.07, 6.45) is 1.52. The van der Waals surface area contributed by atoms with Crippen LogP contribution in [-0.2, 0) is 4.57 Å². The zero-order valence-electron chi connectivity index (χ0n) is 5.79. The van der Waals surface area contributed by atoms with Crippen molar-refractivity contribution in [3.05, 3.63) is 12.7 Å². The summed E-state index contributed by atoms with van der Waals surface area (Å²) >= 11 is 0. The second kappa shape index (κ2) is 4.63. The summed E-state index contributed by atoms with van der Waals surface area (Å²) in [4.78, 5) is 8.88. The Kier molecular flexibility index (Phi) is 4.56. The first-order chi connectivity index (χ1) is 4.62. The van der Waals surface area contributed by atoms with E-state index >= 15 is 0 Å². The lowest BCUT2D eigenvalue weighted by atomic mass is 10.6. The summed E-state index contributed by atoms with van der Waals surface area (Å²) in [6.45, 7) is 3.97. The van der Waals surface area contributed by atoms with E-state index in [9.17, 15) is 4.57 Å². The Morgan fingerprint density at radius 1 is 1.80 bits per heavy atom. The second-order valence-corrected chi connectivity index (χ2v) is 4.30. The van der Waals surface area contributed by atoms with Gasteiger partial charge in [0, 0.05) is 6.54 Å². The van der Waals surface area contributed by atoms with Crippen LogP contribution in [0.25, 0.3) is 0 Å². The zero-order valence-corrected chi connectivity index (χ0v) is 6.68. The van der Waals surface area contributed by atoms with Gasteiger partial charge in [0.15, 0.2) is 0 Å². The third kappa shape index (κ3) is 4.70. The van der Waals surface area contributed by atoms with E-state index in [-0.39, 0.29) is 12.6 Å². The molecule has 0 aliphatic carbocycles. The van der Waals surface area contributed by atoms with Crippen molar-refractivity contribution in [2.45, 2.75) is 0 Å². The summed E-state index contributed by atoms with van der Waals surface area (Å²) in [5.41, 5.74) is 5.01. The average Bonchev–Trinajstić information content (AvgIpc) is 1.89. The van der Waals surface area contributed by atoms with Crippen LogP contribution in [0, 0.1) is 0 Å². The second-order valence-electron chi connectivity index (χ2n) is 1.93. The van der Waals surface area contributed by atoms with Gasteiger partial charge >= 0.3 is 0 Å². The molecule has 0 heterocycles. The first-order valence-electron chi connectivity index (χ1n) is 2.95. The standard InChI is InChI=1S/C5H13N2O2P/c1-2-3-7-5-10(8,9)4-6/h2,7H,1,3-6H2,(H,8,9). The van der Waals surface area contributed by atoms with Crippen LogP contribution in [0.15, 0.2) is 12.7 Å². The highest BCUT2D eigenvalue weighted by Gasteiger charge is 2.12. The molecule has 5 heteroatoms. The van der Waals surface area contributed by atoms with E-state index < -0.39 is 7.37 Å². The third-order valence-electron chi connectivity index (χ3n) is 0.933. The molecule has 4 N–H and O–H groups in total. The number of nitrogens with two attached hydrogens (primary N) is 1. The monoisotopic (exact) mass is 164 g/mol. The van der Waals surface area contributed by atoms with Crippen molar-refractivity contribution in [2.75, 3.05) is 19.1 Å². The fourth-order valence-corrected chi connectivity index (χ4v) is 1.01. The van der Waals surface area contributed by atoms with Crippen LogP contribution >= 0.6 is 7.37 Å². The normalized spacial score (nSPS) is 16.2. The maximum atomic E-state index is 10.8. The Hall–Kier alpha value is -0.150. The minimum Gasteiger partial charge on any atom is -0.343 e. The molecule has 0 radical (unpaired) electrons. The summed E-state index contributed by atoms with van der Waals surface area (Å²) in [7, 11) is -3.08. The molecule has 0 aromatic carbocycles. The SMILES string of the molecule is C=CCNCP(=O)(O)CN. The molecule has 0 saturated heterocycles. The molecule has 0 bridgehead atoms. The Bertz CT molecular complexity index is 149. The van der Waals surface area contributed by atoms with Crippen molar-refractivity contribution >= 4 is 7.37 Å². The molecule has 0 aromatic rings. The summed E-state index contributed by atoms with van der Waals surface area (Å²) in [6, 6.07) is 0. The van der Waals surface area contributed by atoms with Crippen LogP contribution in [0.1, 0.15) is 0 Å². The molecule has 0 amide bonds. The summed E-state index contributed by atoms with van der Waals surface area (Å²) < 4.78 is 10.8. The summed E-state index contributed by atoms with van der Waals surface area (Å²) in [5, 5.41) is 2.72. The van der Waals surface area contributed by atoms with Gasteiger partial charge in [0.05, 0.1) is 12.6 Å². The number of nitrogens with one attached hydrogen (secondary N) is 1. The van der Waals surface area contributed by atoms with Crippen molar-refractivity contribution in [1.29, 1.82) is 0 Å². The first kappa shape index (κ1) is 9.85. The Morgan fingerprint density at radius 2 is 2.40 bits per heavy atom. The first-order valence-corrected chi connectivity index (χ1v) is 4.98. The number of rotatable bonds is 5. The van der Waals surface area contributed by atoms with Gasteiger partial charge in [-0.25, -0.2) is 0 Å². The minimum atomic E-state index is -3.08. The molecule has 0 spiro atoms. The van der Waals surface area contributed by atoms with Crippen molar-refractivity contribution in [1.82, 2.24) is 5.32 Å². The molecule has 0 rings (SSSR count). The quantitative estimate of drug-likeness (QED) is 0.301. The lowest BCUT2D eigenvalue weighted by Crippen LogP contribution is -2.18. The van der Waals surface area contributed by atoms with Gasteiger partial charge in [-0.05, 0) is 0 Å². The average molecular weight is 164 g/mol. The van der Waals surface area contributed by atoms with Gasteiger partial charge in [-0.15, -0.1) is 6.58 Å². The lowest BCUT2D eigenvalue weighted by molar-refractivity contribution is 0.473. The van der Waals surface area contributed by atoms with Crippen LogP contribution < -0.4 is 11.1 Å². The molecule has 1 unspecified atom stereocenters. The lowest BCUT2D eigenvalue weighted by Gasteiger charge is -2.07. The number of hydrogen-bond donors (Lipinski definition) is 3. The topological polar surface area (TPSA) is 75.3 Å². The van der Waals surface area contributed by atoms with E-state index in [0.717, 1.165) is 0 Å². The van der Waals surface area contributed by atoms with Crippen LogP contribution in [0.3, 0.4) is 0 Å². The molecule has 4 nitrogen and oxygen atoms in total. The molecule has 1 atom stereocenters. The molecule has 0 aliphatic heterocycles. The van der Waals surface area contributed by atoms with Crippen LogP contribution in [0.5, 0.6) is 0 Å². The highest BCUT2D eigenvalue weighted by atomic mass is 31.2. The maximum absolute atomic E-state index is 10.8. The molecule has 0 fully saturated rings. The predicted octanol–water partition coefficient (Wildman–Crippen LogP) is -0.0939. The fourth-order valence-electron chi connectivity index (χ4n) is 0.406. The van der Waals surface area contributed by atoms with E-state index in [4.69, 9.17) is 10.6 Å². The molecular formula is C5H13N2O2P. The van der Waals surface area contributed by atoms with E-state index in [0.29, 0.717) is 6.54 Å². The Labute approximate surface area is 60.6 Å². The van der Waals surface area contributed by atoms with E-state index in [1.54, 1.807) is 6.08 Å². The van der Waals surface area contributed by atoms with Crippen molar-refractivity contribution in [2.24, 2.45) is 5.73 Å². The van der Waals surface area contributed by atoms with Crippen molar-refractivity contribution < 1.29 is 9.46 Å². The molecular weight excluding hydrogens is 151 g/mol. The van der Waals surface area contributed by atoms with Crippen LogP contribution in [-0.4, -0.2) is 24.0 Å². The smallest absolute Gasteiger partial charge is 0.227 e. The van der Waals surface area contributed by atoms with Gasteiger partial charge in [-0.1, -0.05) is 6.08 Å². The van der Waals surface area contributed by atoms with Gasteiger partial charge in [0.2, 0.25) is 7.37 Å². The van der Waals surface area contributed by atoms with E-state index in [1.807, 2.05) is 0 Å². The van der Waals surface area contributed by atoms with Crippen molar-refractivity contribution in [3.8, 4) is 0 Å². The van der Waals surface area contributed by atoms with Crippen LogP contribution in [0.4, 0.5) is 0 Å². The highest BCUT2D eigenvalue weighted by molar-refractivity contribution is 7.57. The predicted molar refractivity (Wildman–Crippen MR) is 41.9 cm³/mol. The largest absolute Gasteiger partial charge is 0.343 e. The van der Waals surface area contributed by atoms with E-state index in [1.165, 1.54) is 0 Å². The van der Waals surface area contributed by atoms with Gasteiger partial charge in [0.1, 0.15) is 0 Å². The van der Waals surface area contributed by atoms with Crippen molar-refractivity contribution in [3.63, 3.8) is 0 Å². The van der Waals surface area contributed by atoms with Gasteiger partial charge in [-0.2, -0.15) is 0 Å². The van der Waals surface area contributed by atoms with Gasteiger partial charge in [-0.3, -0.25) is 4.57 Å². The minimum absolute atomic E-state index is 0.0650. The molecule has 60 valence electrons. The molecule has 0 aliphatic rings. The Balaban J connectivity index is 3.47. The van der Waals surface area contributed by atoms with Crippen LogP contribution in [0.2, 0.25) is 0 Å². The number of hydrogen-bond acceptors (Lipinski definition) is 3. The molecule has 10 heavy (non-hydrogen) atoms. The van der Waals surface area contributed by atoms with Gasteiger partial charge < -0.3 is 15.9 Å². The molecule has 0 aromatic heterocycles. The maximum Gasteiger partial charge on any atom is 0.227 e. The van der Waals surface area contributed by atoms with Gasteiger partial charge in [0.25, 0.3) is 0 Å². The fraction of sp³-hybridized carbons (Fsp3) is 0.600. The summed E-state index contributed by atoms with van der Waals surface area (Å²) in [5.74, 6) is 0. The Morgan fingerprint density at radius 3 is 2.80 bits per heavy atom.